The fraction of sp³-hybridized carbons (Fsp3) is 0.538. The van der Waals surface area contributed by atoms with Crippen molar-refractivity contribution in [3.8, 4) is 5.75 Å². The van der Waals surface area contributed by atoms with Crippen LogP contribution in [0.4, 0.5) is 0 Å². The number of nitrogens with zero attached hydrogens (tertiary/aromatic N) is 1. The molecule has 0 aliphatic rings. The fourth-order valence-corrected chi connectivity index (χ4v) is 1.79. The van der Waals surface area contributed by atoms with Crippen LogP contribution < -0.4 is 4.74 Å². The van der Waals surface area contributed by atoms with Crippen molar-refractivity contribution < 1.29 is 14.9 Å². The molecule has 1 atom stereocenters. The molecule has 0 saturated carbocycles. The van der Waals surface area contributed by atoms with E-state index in [2.05, 4.69) is 0 Å². The molecule has 0 saturated heterocycles. The van der Waals surface area contributed by atoms with Crippen molar-refractivity contribution in [1.29, 1.82) is 0 Å². The lowest BCUT2D eigenvalue weighted by Crippen LogP contribution is -2.35. The lowest BCUT2D eigenvalue weighted by molar-refractivity contribution is 0.115. The number of benzene rings is 1. The maximum atomic E-state index is 9.23. The zero-order chi connectivity index (χ0) is 12.7. The van der Waals surface area contributed by atoms with Gasteiger partial charge in [0.15, 0.2) is 0 Å². The number of likely N-dealkylation sites (N-methyl/N-ethyl adjacent to an activating group) is 1. The third kappa shape index (κ3) is 4.34. The van der Waals surface area contributed by atoms with E-state index in [1.165, 1.54) is 0 Å². The monoisotopic (exact) mass is 239 g/mol. The van der Waals surface area contributed by atoms with E-state index >= 15 is 0 Å². The number of rotatable bonds is 7. The van der Waals surface area contributed by atoms with E-state index in [0.717, 1.165) is 17.9 Å². The molecule has 0 spiro atoms. The summed E-state index contributed by atoms with van der Waals surface area (Å²) in [6.07, 6.45) is 0.580. The summed E-state index contributed by atoms with van der Waals surface area (Å²) in [6.45, 7) is 0.872. The summed E-state index contributed by atoms with van der Waals surface area (Å²) in [5.41, 5.74) is 1.13. The molecule has 0 heterocycles. The summed E-state index contributed by atoms with van der Waals surface area (Å²) in [4.78, 5) is 2.03. The van der Waals surface area contributed by atoms with Gasteiger partial charge in [-0.3, -0.25) is 4.90 Å². The van der Waals surface area contributed by atoms with Crippen LogP contribution in [0.5, 0.6) is 5.75 Å². The Kier molecular flexibility index (Phi) is 5.97. The maximum Gasteiger partial charge on any atom is 0.119 e. The van der Waals surface area contributed by atoms with Crippen LogP contribution >= 0.6 is 0 Å². The molecule has 4 heteroatoms. The summed E-state index contributed by atoms with van der Waals surface area (Å²) >= 11 is 0. The second kappa shape index (κ2) is 7.27. The molecular formula is C13H21NO3. The minimum absolute atomic E-state index is 0.00815. The molecule has 0 amide bonds. The number of aliphatic hydroxyl groups is 2. The Hall–Kier alpha value is -1.10. The third-order valence-electron chi connectivity index (χ3n) is 2.86. The zero-order valence-electron chi connectivity index (χ0n) is 10.5. The van der Waals surface area contributed by atoms with E-state index in [1.54, 1.807) is 7.11 Å². The number of methoxy groups -OCH3 is 1. The van der Waals surface area contributed by atoms with Crippen molar-refractivity contribution >= 4 is 0 Å². The van der Waals surface area contributed by atoms with E-state index in [9.17, 15) is 5.11 Å². The Labute approximate surface area is 102 Å². The van der Waals surface area contributed by atoms with Gasteiger partial charge in [0.2, 0.25) is 0 Å². The van der Waals surface area contributed by atoms with E-state index < -0.39 is 0 Å². The second-order valence-electron chi connectivity index (χ2n) is 4.12. The van der Waals surface area contributed by atoms with Gasteiger partial charge in [-0.1, -0.05) is 12.1 Å². The predicted octanol–water partition coefficient (Wildman–Crippen LogP) is 0.870. The van der Waals surface area contributed by atoms with Crippen LogP contribution in [-0.2, 0) is 6.54 Å². The van der Waals surface area contributed by atoms with Gasteiger partial charge >= 0.3 is 0 Å². The number of hydrogen-bond donors (Lipinski definition) is 2. The van der Waals surface area contributed by atoms with E-state index in [1.807, 2.05) is 36.2 Å². The van der Waals surface area contributed by atoms with Crippen molar-refractivity contribution in [2.75, 3.05) is 27.4 Å². The first kappa shape index (κ1) is 14.0. The van der Waals surface area contributed by atoms with Crippen molar-refractivity contribution in [1.82, 2.24) is 4.90 Å². The smallest absolute Gasteiger partial charge is 0.119 e. The highest BCUT2D eigenvalue weighted by molar-refractivity contribution is 5.28. The van der Waals surface area contributed by atoms with E-state index in [0.29, 0.717) is 6.42 Å². The predicted molar refractivity (Wildman–Crippen MR) is 67.0 cm³/mol. The number of hydrogen-bond acceptors (Lipinski definition) is 4. The third-order valence-corrected chi connectivity index (χ3v) is 2.86. The fourth-order valence-electron chi connectivity index (χ4n) is 1.79. The molecule has 1 unspecified atom stereocenters. The van der Waals surface area contributed by atoms with Crippen molar-refractivity contribution in [3.63, 3.8) is 0 Å². The molecule has 2 N–H and O–H groups in total. The van der Waals surface area contributed by atoms with Crippen LogP contribution in [0, 0.1) is 0 Å². The molecule has 1 aromatic carbocycles. The van der Waals surface area contributed by atoms with Crippen molar-refractivity contribution in [3.05, 3.63) is 29.8 Å². The van der Waals surface area contributed by atoms with Crippen LogP contribution in [0.25, 0.3) is 0 Å². The second-order valence-corrected chi connectivity index (χ2v) is 4.12. The first-order valence-electron chi connectivity index (χ1n) is 5.76. The zero-order valence-corrected chi connectivity index (χ0v) is 10.5. The van der Waals surface area contributed by atoms with E-state index in [-0.39, 0.29) is 19.3 Å². The average Bonchev–Trinajstić information content (AvgIpc) is 2.36. The Morgan fingerprint density at radius 3 is 2.71 bits per heavy atom. The lowest BCUT2D eigenvalue weighted by atomic mass is 10.1. The number of ether oxygens (including phenoxy) is 1. The average molecular weight is 239 g/mol. The molecule has 0 aromatic heterocycles. The minimum Gasteiger partial charge on any atom is -0.497 e. The Morgan fingerprint density at radius 1 is 1.35 bits per heavy atom. The van der Waals surface area contributed by atoms with Gasteiger partial charge < -0.3 is 14.9 Å². The molecular weight excluding hydrogens is 218 g/mol. The van der Waals surface area contributed by atoms with Gasteiger partial charge in [-0.05, 0) is 31.2 Å². The van der Waals surface area contributed by atoms with E-state index in [4.69, 9.17) is 9.84 Å². The van der Waals surface area contributed by atoms with Gasteiger partial charge in [0.1, 0.15) is 5.75 Å². The first-order chi connectivity index (χ1) is 8.21. The van der Waals surface area contributed by atoms with Gasteiger partial charge in [0.25, 0.3) is 0 Å². The first-order valence-corrected chi connectivity index (χ1v) is 5.76. The molecule has 96 valence electrons. The highest BCUT2D eigenvalue weighted by Crippen LogP contribution is 2.15. The largest absolute Gasteiger partial charge is 0.497 e. The maximum absolute atomic E-state index is 9.23. The van der Waals surface area contributed by atoms with Crippen molar-refractivity contribution in [2.24, 2.45) is 0 Å². The Balaban J connectivity index is 2.62. The molecule has 1 aromatic rings. The summed E-state index contributed by atoms with van der Waals surface area (Å²) in [6, 6.07) is 7.84. The molecule has 0 fully saturated rings. The van der Waals surface area contributed by atoms with Crippen LogP contribution in [0.3, 0.4) is 0 Å². The molecule has 0 bridgehead atoms. The highest BCUT2D eigenvalue weighted by Gasteiger charge is 2.13. The standard InChI is InChI=1S/C13H21NO3/c1-14(12(10-16)6-7-15)9-11-4-3-5-13(8-11)17-2/h3-5,8,12,15-16H,6-7,9-10H2,1-2H3. The van der Waals surface area contributed by atoms with Crippen LogP contribution in [0.15, 0.2) is 24.3 Å². The molecule has 4 nitrogen and oxygen atoms in total. The van der Waals surface area contributed by atoms with Gasteiger partial charge in [0.05, 0.1) is 13.7 Å². The lowest BCUT2D eigenvalue weighted by Gasteiger charge is -2.26. The molecule has 0 radical (unpaired) electrons. The van der Waals surface area contributed by atoms with Gasteiger partial charge in [0, 0.05) is 19.2 Å². The SMILES string of the molecule is COc1cccc(CN(C)C(CO)CCO)c1. The molecule has 17 heavy (non-hydrogen) atoms. The summed E-state index contributed by atoms with van der Waals surface area (Å²) in [7, 11) is 3.58. The van der Waals surface area contributed by atoms with Crippen molar-refractivity contribution in [2.45, 2.75) is 19.0 Å². The Morgan fingerprint density at radius 2 is 2.12 bits per heavy atom. The van der Waals surface area contributed by atoms with Crippen LogP contribution in [0.1, 0.15) is 12.0 Å². The normalized spacial score (nSPS) is 12.8. The number of aliphatic hydroxyl groups excluding tert-OH is 2. The quantitative estimate of drug-likeness (QED) is 0.741. The molecule has 0 aliphatic carbocycles. The molecule has 1 rings (SSSR count). The summed E-state index contributed by atoms with van der Waals surface area (Å²) < 4.78 is 5.16. The van der Waals surface area contributed by atoms with Crippen LogP contribution in [-0.4, -0.2) is 48.5 Å². The van der Waals surface area contributed by atoms with Gasteiger partial charge in [-0.25, -0.2) is 0 Å². The summed E-state index contributed by atoms with van der Waals surface area (Å²) in [5.74, 6) is 0.832. The topological polar surface area (TPSA) is 52.9 Å². The van der Waals surface area contributed by atoms with Crippen LogP contribution in [0.2, 0.25) is 0 Å². The Bertz CT molecular complexity index is 330. The van der Waals surface area contributed by atoms with Gasteiger partial charge in [-0.2, -0.15) is 0 Å². The minimum atomic E-state index is -0.00815. The highest BCUT2D eigenvalue weighted by atomic mass is 16.5. The van der Waals surface area contributed by atoms with Gasteiger partial charge in [-0.15, -0.1) is 0 Å². The molecule has 0 aliphatic heterocycles. The summed E-state index contributed by atoms with van der Waals surface area (Å²) in [5, 5.41) is 18.1.